The van der Waals surface area contributed by atoms with Gasteiger partial charge in [0.25, 0.3) is 0 Å². The number of methoxy groups -OCH3 is 1. The van der Waals surface area contributed by atoms with Crippen LogP contribution in [0.15, 0.2) is 72.8 Å². The summed E-state index contributed by atoms with van der Waals surface area (Å²) in [5.41, 5.74) is 4.24. The Bertz CT molecular complexity index is 1140. The Labute approximate surface area is 180 Å². The summed E-state index contributed by atoms with van der Waals surface area (Å²) >= 11 is 1.57. The van der Waals surface area contributed by atoms with Gasteiger partial charge in [0.15, 0.2) is 5.13 Å². The Morgan fingerprint density at radius 2 is 1.70 bits per heavy atom. The van der Waals surface area contributed by atoms with Crippen molar-refractivity contribution in [2.45, 2.75) is 26.3 Å². The Hall–Kier alpha value is -3.18. The first kappa shape index (κ1) is 20.1. The van der Waals surface area contributed by atoms with Gasteiger partial charge in [0.2, 0.25) is 5.91 Å². The summed E-state index contributed by atoms with van der Waals surface area (Å²) in [5.74, 6) is 0.809. The molecule has 0 saturated heterocycles. The van der Waals surface area contributed by atoms with Crippen LogP contribution in [0.25, 0.3) is 10.2 Å². The average molecular weight is 417 g/mol. The molecule has 0 bridgehead atoms. The van der Waals surface area contributed by atoms with Crippen LogP contribution in [-0.4, -0.2) is 18.0 Å². The molecule has 1 amide bonds. The van der Waals surface area contributed by atoms with E-state index >= 15 is 0 Å². The number of aromatic nitrogens is 1. The molecule has 5 heteroatoms. The van der Waals surface area contributed by atoms with Gasteiger partial charge in [-0.05, 0) is 47.4 Å². The van der Waals surface area contributed by atoms with Gasteiger partial charge in [-0.25, -0.2) is 4.98 Å². The average Bonchev–Trinajstić information content (AvgIpc) is 3.21. The zero-order valence-corrected chi connectivity index (χ0v) is 18.0. The number of ether oxygens (including phenoxy) is 1. The monoisotopic (exact) mass is 416 g/mol. The van der Waals surface area contributed by atoms with Crippen molar-refractivity contribution in [2.24, 2.45) is 0 Å². The summed E-state index contributed by atoms with van der Waals surface area (Å²) in [4.78, 5) is 19.9. The summed E-state index contributed by atoms with van der Waals surface area (Å²) in [5, 5.41) is 0.737. The van der Waals surface area contributed by atoms with E-state index in [-0.39, 0.29) is 5.91 Å². The molecule has 0 fully saturated rings. The lowest BCUT2D eigenvalue weighted by atomic mass is 10.1. The molecule has 0 radical (unpaired) electrons. The molecule has 4 rings (SSSR count). The highest BCUT2D eigenvalue weighted by Gasteiger charge is 2.20. The first-order chi connectivity index (χ1) is 14.7. The lowest BCUT2D eigenvalue weighted by Crippen LogP contribution is -2.31. The molecule has 0 atom stereocenters. The number of aryl methyl sites for hydroxylation is 1. The van der Waals surface area contributed by atoms with E-state index in [9.17, 15) is 4.79 Å². The summed E-state index contributed by atoms with van der Waals surface area (Å²) in [6.07, 6.45) is 1.29. The van der Waals surface area contributed by atoms with Crippen molar-refractivity contribution in [3.63, 3.8) is 0 Å². The number of carbonyl (C=O) groups excluding carboxylic acids is 1. The van der Waals surface area contributed by atoms with Crippen molar-refractivity contribution in [1.82, 2.24) is 4.98 Å². The van der Waals surface area contributed by atoms with E-state index in [4.69, 9.17) is 9.72 Å². The fourth-order valence-electron chi connectivity index (χ4n) is 3.33. The number of amides is 1. The molecule has 0 aliphatic rings. The molecular weight excluding hydrogens is 392 g/mol. The van der Waals surface area contributed by atoms with E-state index in [1.165, 1.54) is 5.56 Å². The lowest BCUT2D eigenvalue weighted by Gasteiger charge is -2.20. The SMILES string of the molecule is CCc1ccc2nc(N(Cc3ccccc3)C(=O)Cc3ccc(OC)cc3)sc2c1. The normalized spacial score (nSPS) is 10.9. The second-order valence-corrected chi connectivity index (χ2v) is 8.15. The van der Waals surface area contributed by atoms with E-state index in [0.29, 0.717) is 13.0 Å². The van der Waals surface area contributed by atoms with Gasteiger partial charge in [-0.15, -0.1) is 0 Å². The minimum atomic E-state index is 0.0267. The van der Waals surface area contributed by atoms with E-state index in [2.05, 4.69) is 19.1 Å². The summed E-state index contributed by atoms with van der Waals surface area (Å²) < 4.78 is 6.33. The molecule has 0 unspecified atom stereocenters. The van der Waals surface area contributed by atoms with Crippen LogP contribution in [0.2, 0.25) is 0 Å². The maximum atomic E-state index is 13.3. The Balaban J connectivity index is 1.65. The van der Waals surface area contributed by atoms with Crippen LogP contribution in [0, 0.1) is 0 Å². The minimum Gasteiger partial charge on any atom is -0.497 e. The van der Waals surface area contributed by atoms with Crippen molar-refractivity contribution >= 4 is 32.6 Å². The Kier molecular flexibility index (Phi) is 6.10. The largest absolute Gasteiger partial charge is 0.497 e. The molecule has 0 N–H and O–H groups in total. The van der Waals surface area contributed by atoms with Crippen LogP contribution in [0.5, 0.6) is 5.75 Å². The number of fused-ring (bicyclic) bond motifs is 1. The second kappa shape index (κ2) is 9.09. The van der Waals surface area contributed by atoms with Crippen molar-refractivity contribution in [3.05, 3.63) is 89.5 Å². The van der Waals surface area contributed by atoms with Crippen LogP contribution >= 0.6 is 11.3 Å². The summed E-state index contributed by atoms with van der Waals surface area (Å²) in [6, 6.07) is 24.0. The number of anilines is 1. The first-order valence-corrected chi connectivity index (χ1v) is 10.8. The molecule has 4 nitrogen and oxygen atoms in total. The zero-order chi connectivity index (χ0) is 20.9. The van der Waals surface area contributed by atoms with Crippen LogP contribution in [0.4, 0.5) is 5.13 Å². The third-order valence-electron chi connectivity index (χ3n) is 5.08. The van der Waals surface area contributed by atoms with Gasteiger partial charge in [-0.2, -0.15) is 0 Å². The Morgan fingerprint density at radius 1 is 0.967 bits per heavy atom. The first-order valence-electron chi connectivity index (χ1n) is 10.0. The molecule has 0 aliphatic carbocycles. The minimum absolute atomic E-state index is 0.0267. The quantitative estimate of drug-likeness (QED) is 0.391. The number of carbonyl (C=O) groups is 1. The number of rotatable bonds is 7. The number of benzene rings is 3. The molecule has 152 valence electrons. The predicted octanol–water partition coefficient (Wildman–Crippen LogP) is 5.64. The van der Waals surface area contributed by atoms with Gasteiger partial charge in [-0.3, -0.25) is 9.69 Å². The van der Waals surface area contributed by atoms with Gasteiger partial charge in [-0.1, -0.05) is 66.8 Å². The van der Waals surface area contributed by atoms with Gasteiger partial charge < -0.3 is 4.74 Å². The zero-order valence-electron chi connectivity index (χ0n) is 17.2. The molecule has 1 aromatic heterocycles. The van der Waals surface area contributed by atoms with Gasteiger partial charge in [0.1, 0.15) is 5.75 Å². The van der Waals surface area contributed by atoms with E-state index < -0.39 is 0 Å². The fourth-order valence-corrected chi connectivity index (χ4v) is 4.38. The van der Waals surface area contributed by atoms with Crippen LogP contribution < -0.4 is 9.64 Å². The number of nitrogens with zero attached hydrogens (tertiary/aromatic N) is 2. The number of thiazole rings is 1. The van der Waals surface area contributed by atoms with E-state index in [1.807, 2.05) is 60.7 Å². The Morgan fingerprint density at radius 3 is 2.40 bits per heavy atom. The van der Waals surface area contributed by atoms with Gasteiger partial charge >= 0.3 is 0 Å². The van der Waals surface area contributed by atoms with E-state index in [0.717, 1.165) is 38.6 Å². The highest BCUT2D eigenvalue weighted by Crippen LogP contribution is 2.31. The van der Waals surface area contributed by atoms with Crippen LogP contribution in [0.1, 0.15) is 23.6 Å². The van der Waals surface area contributed by atoms with E-state index in [1.54, 1.807) is 23.3 Å². The van der Waals surface area contributed by atoms with Crippen molar-refractivity contribution in [3.8, 4) is 5.75 Å². The van der Waals surface area contributed by atoms with Gasteiger partial charge in [0, 0.05) is 0 Å². The molecule has 1 heterocycles. The smallest absolute Gasteiger partial charge is 0.233 e. The maximum Gasteiger partial charge on any atom is 0.233 e. The molecule has 0 aliphatic heterocycles. The van der Waals surface area contributed by atoms with Crippen molar-refractivity contribution in [2.75, 3.05) is 12.0 Å². The molecule has 30 heavy (non-hydrogen) atoms. The molecule has 4 aromatic rings. The molecule has 0 saturated carbocycles. The number of hydrogen-bond donors (Lipinski definition) is 0. The molecular formula is C25H24N2O2S. The summed E-state index contributed by atoms with van der Waals surface area (Å²) in [6.45, 7) is 2.64. The third kappa shape index (κ3) is 4.52. The highest BCUT2D eigenvalue weighted by atomic mass is 32.1. The van der Waals surface area contributed by atoms with Crippen molar-refractivity contribution < 1.29 is 9.53 Å². The fraction of sp³-hybridized carbons (Fsp3) is 0.200. The summed E-state index contributed by atoms with van der Waals surface area (Å²) in [7, 11) is 1.64. The highest BCUT2D eigenvalue weighted by molar-refractivity contribution is 7.22. The third-order valence-corrected chi connectivity index (χ3v) is 6.12. The lowest BCUT2D eigenvalue weighted by molar-refractivity contribution is -0.118. The topological polar surface area (TPSA) is 42.4 Å². The van der Waals surface area contributed by atoms with Gasteiger partial charge in [0.05, 0.1) is 30.3 Å². The predicted molar refractivity (Wildman–Crippen MR) is 123 cm³/mol. The maximum absolute atomic E-state index is 13.3. The second-order valence-electron chi connectivity index (χ2n) is 7.14. The van der Waals surface area contributed by atoms with Crippen molar-refractivity contribution in [1.29, 1.82) is 0 Å². The molecule has 0 spiro atoms. The van der Waals surface area contributed by atoms with Crippen LogP contribution in [0.3, 0.4) is 0 Å². The molecule has 3 aromatic carbocycles. The number of hydrogen-bond acceptors (Lipinski definition) is 4. The van der Waals surface area contributed by atoms with Crippen LogP contribution in [-0.2, 0) is 24.2 Å². The standard InChI is InChI=1S/C25H24N2O2S/c1-3-18-11-14-22-23(15-18)30-25(26-22)27(17-20-7-5-4-6-8-20)24(28)16-19-9-12-21(29-2)13-10-19/h4-15H,3,16-17H2,1-2H3.